The van der Waals surface area contributed by atoms with E-state index in [-0.39, 0.29) is 24.2 Å². The maximum Gasteiger partial charge on any atom is 0.246 e. The van der Waals surface area contributed by atoms with Crippen molar-refractivity contribution in [1.29, 1.82) is 0 Å². The molecule has 1 aliphatic rings. The second-order valence-electron chi connectivity index (χ2n) is 5.64. The molecule has 0 aliphatic carbocycles. The van der Waals surface area contributed by atoms with Crippen LogP contribution in [0.1, 0.15) is 31.9 Å². The molecule has 1 saturated heterocycles. The van der Waals surface area contributed by atoms with Crippen molar-refractivity contribution in [1.82, 2.24) is 10.6 Å². The Bertz CT molecular complexity index is 469. The molecule has 116 valence electrons. The maximum atomic E-state index is 12.0. The van der Waals surface area contributed by atoms with Crippen LogP contribution in [0.15, 0.2) is 24.3 Å². The van der Waals surface area contributed by atoms with Crippen molar-refractivity contribution in [3.63, 3.8) is 0 Å². The van der Waals surface area contributed by atoms with Crippen LogP contribution in [0, 0.1) is 0 Å². The quantitative estimate of drug-likeness (QED) is 0.802. The van der Waals surface area contributed by atoms with Gasteiger partial charge in [-0.1, -0.05) is 19.1 Å². The molecule has 0 saturated carbocycles. The zero-order chi connectivity index (χ0) is 15.3. The molecule has 1 aromatic carbocycles. The Kier molecular flexibility index (Phi) is 5.20. The highest BCUT2D eigenvalue weighted by Gasteiger charge is 2.33. The molecule has 1 atom stereocenters. The molecule has 2 rings (SSSR count). The van der Waals surface area contributed by atoms with Crippen LogP contribution >= 0.6 is 0 Å². The molecule has 1 amide bonds. The van der Waals surface area contributed by atoms with E-state index in [1.807, 2.05) is 38.1 Å². The van der Waals surface area contributed by atoms with E-state index in [4.69, 9.17) is 9.47 Å². The van der Waals surface area contributed by atoms with Crippen molar-refractivity contribution in [2.75, 3.05) is 26.8 Å². The first-order valence-corrected chi connectivity index (χ1v) is 7.34. The van der Waals surface area contributed by atoms with Gasteiger partial charge in [0.1, 0.15) is 12.4 Å². The monoisotopic (exact) mass is 292 g/mol. The Balaban J connectivity index is 1.86. The normalized spacial score (nSPS) is 17.7. The number of carbonyl (C=O) groups excluding carboxylic acids is 1. The van der Waals surface area contributed by atoms with E-state index >= 15 is 0 Å². The van der Waals surface area contributed by atoms with Crippen molar-refractivity contribution >= 4 is 5.91 Å². The van der Waals surface area contributed by atoms with Gasteiger partial charge in [-0.3, -0.25) is 4.79 Å². The summed E-state index contributed by atoms with van der Waals surface area (Å²) in [6, 6.07) is 7.76. The second kappa shape index (κ2) is 6.91. The summed E-state index contributed by atoms with van der Waals surface area (Å²) in [4.78, 5) is 12.0. The summed E-state index contributed by atoms with van der Waals surface area (Å²) in [6.07, 6.45) is 0.830. The van der Waals surface area contributed by atoms with E-state index in [1.54, 1.807) is 7.11 Å². The number of ether oxygens (including phenoxy) is 2. The smallest absolute Gasteiger partial charge is 0.246 e. The SMILES string of the molecule is CCC(NC(=O)COC1(C)CNC1)c1ccc(OC)cc1. The summed E-state index contributed by atoms with van der Waals surface area (Å²) in [5, 5.41) is 6.16. The van der Waals surface area contributed by atoms with E-state index < -0.39 is 0 Å². The van der Waals surface area contributed by atoms with Crippen LogP contribution in [0.2, 0.25) is 0 Å². The van der Waals surface area contributed by atoms with Crippen LogP contribution in [0.3, 0.4) is 0 Å². The summed E-state index contributed by atoms with van der Waals surface area (Å²) in [6.45, 7) is 5.77. The van der Waals surface area contributed by atoms with E-state index in [1.165, 1.54) is 0 Å². The van der Waals surface area contributed by atoms with Crippen LogP contribution in [0.5, 0.6) is 5.75 Å². The highest BCUT2D eigenvalue weighted by molar-refractivity contribution is 5.77. The average Bonchev–Trinajstić information content (AvgIpc) is 2.49. The van der Waals surface area contributed by atoms with Gasteiger partial charge in [0, 0.05) is 13.1 Å². The number of methoxy groups -OCH3 is 1. The highest BCUT2D eigenvalue weighted by Crippen LogP contribution is 2.20. The third-order valence-electron chi connectivity index (χ3n) is 3.81. The Morgan fingerprint density at radius 1 is 1.38 bits per heavy atom. The molecule has 0 radical (unpaired) electrons. The lowest BCUT2D eigenvalue weighted by molar-refractivity contribution is -0.136. The fourth-order valence-corrected chi connectivity index (χ4v) is 2.31. The molecule has 0 aromatic heterocycles. The zero-order valence-electron chi connectivity index (χ0n) is 12.9. The molecule has 0 spiro atoms. The molecule has 1 aliphatic heterocycles. The van der Waals surface area contributed by atoms with Crippen LogP contribution < -0.4 is 15.4 Å². The fourth-order valence-electron chi connectivity index (χ4n) is 2.31. The van der Waals surface area contributed by atoms with E-state index in [0.29, 0.717) is 0 Å². The van der Waals surface area contributed by atoms with Crippen LogP contribution in [-0.4, -0.2) is 38.3 Å². The van der Waals surface area contributed by atoms with Crippen molar-refractivity contribution in [3.05, 3.63) is 29.8 Å². The minimum Gasteiger partial charge on any atom is -0.497 e. The van der Waals surface area contributed by atoms with Crippen molar-refractivity contribution in [3.8, 4) is 5.75 Å². The lowest BCUT2D eigenvalue weighted by Gasteiger charge is -2.38. The summed E-state index contributed by atoms with van der Waals surface area (Å²) in [5.41, 5.74) is 0.877. The molecule has 1 aromatic rings. The molecule has 1 heterocycles. The van der Waals surface area contributed by atoms with Gasteiger partial charge in [-0.2, -0.15) is 0 Å². The summed E-state index contributed by atoms with van der Waals surface area (Å²) in [7, 11) is 1.64. The van der Waals surface area contributed by atoms with Gasteiger partial charge in [0.25, 0.3) is 0 Å². The van der Waals surface area contributed by atoms with Crippen molar-refractivity contribution in [2.45, 2.75) is 31.9 Å². The van der Waals surface area contributed by atoms with Crippen LogP contribution in [0.25, 0.3) is 0 Å². The topological polar surface area (TPSA) is 59.6 Å². The first kappa shape index (κ1) is 15.8. The third kappa shape index (κ3) is 4.19. The number of carbonyl (C=O) groups is 1. The first-order chi connectivity index (χ1) is 10.1. The van der Waals surface area contributed by atoms with E-state index in [2.05, 4.69) is 10.6 Å². The predicted molar refractivity (Wildman–Crippen MR) is 81.4 cm³/mol. The minimum atomic E-state index is -0.195. The summed E-state index contributed by atoms with van der Waals surface area (Å²) < 4.78 is 10.8. The molecule has 2 N–H and O–H groups in total. The molecule has 1 fully saturated rings. The number of benzene rings is 1. The van der Waals surface area contributed by atoms with Gasteiger partial charge in [0.15, 0.2) is 0 Å². The number of amides is 1. The van der Waals surface area contributed by atoms with Crippen LogP contribution in [0.4, 0.5) is 0 Å². The first-order valence-electron chi connectivity index (χ1n) is 7.34. The minimum absolute atomic E-state index is 0.000622. The van der Waals surface area contributed by atoms with Gasteiger partial charge in [-0.25, -0.2) is 0 Å². The van der Waals surface area contributed by atoms with E-state index in [0.717, 1.165) is 30.8 Å². The average molecular weight is 292 g/mol. The molecular formula is C16H24N2O3. The number of rotatable bonds is 7. The molecule has 5 heteroatoms. The molecule has 1 unspecified atom stereocenters. The van der Waals surface area contributed by atoms with Gasteiger partial charge >= 0.3 is 0 Å². The Labute approximate surface area is 126 Å². The summed E-state index contributed by atoms with van der Waals surface area (Å²) >= 11 is 0. The molecule has 5 nitrogen and oxygen atoms in total. The van der Waals surface area contributed by atoms with Crippen molar-refractivity contribution in [2.24, 2.45) is 0 Å². The highest BCUT2D eigenvalue weighted by atomic mass is 16.5. The van der Waals surface area contributed by atoms with Gasteiger partial charge in [-0.15, -0.1) is 0 Å². The predicted octanol–water partition coefficient (Wildman–Crippen LogP) is 1.64. The zero-order valence-corrected chi connectivity index (χ0v) is 12.9. The number of nitrogens with one attached hydrogen (secondary N) is 2. The standard InChI is InChI=1S/C16H24N2O3/c1-4-14(12-5-7-13(20-3)8-6-12)18-15(19)9-21-16(2)10-17-11-16/h5-8,14,17H,4,9-11H2,1-3H3,(H,18,19). The molecular weight excluding hydrogens is 268 g/mol. The number of hydrogen-bond acceptors (Lipinski definition) is 4. The lowest BCUT2D eigenvalue weighted by atomic mass is 10.0. The fraction of sp³-hybridized carbons (Fsp3) is 0.562. The van der Waals surface area contributed by atoms with Crippen LogP contribution in [-0.2, 0) is 9.53 Å². The van der Waals surface area contributed by atoms with Crippen molar-refractivity contribution < 1.29 is 14.3 Å². The second-order valence-corrected chi connectivity index (χ2v) is 5.64. The maximum absolute atomic E-state index is 12.0. The lowest BCUT2D eigenvalue weighted by Crippen LogP contribution is -2.59. The third-order valence-corrected chi connectivity index (χ3v) is 3.81. The van der Waals surface area contributed by atoms with Gasteiger partial charge in [-0.05, 0) is 31.0 Å². The van der Waals surface area contributed by atoms with Gasteiger partial charge in [0.05, 0.1) is 18.8 Å². The molecule has 0 bridgehead atoms. The van der Waals surface area contributed by atoms with Gasteiger partial charge in [0.2, 0.25) is 5.91 Å². The molecule has 21 heavy (non-hydrogen) atoms. The van der Waals surface area contributed by atoms with Gasteiger partial charge < -0.3 is 20.1 Å². The summed E-state index contributed by atoms with van der Waals surface area (Å²) in [5.74, 6) is 0.736. The van der Waals surface area contributed by atoms with E-state index in [9.17, 15) is 4.79 Å². The number of hydrogen-bond donors (Lipinski definition) is 2. The largest absolute Gasteiger partial charge is 0.497 e. The Morgan fingerprint density at radius 2 is 2.05 bits per heavy atom. The Hall–Kier alpha value is -1.59. The Morgan fingerprint density at radius 3 is 2.52 bits per heavy atom.